The van der Waals surface area contributed by atoms with Gasteiger partial charge in [-0.1, -0.05) is 12.2 Å². The van der Waals surface area contributed by atoms with Crippen molar-refractivity contribution in [1.82, 2.24) is 0 Å². The van der Waals surface area contributed by atoms with Gasteiger partial charge in [-0.3, -0.25) is 9.59 Å². The standard InChI is InChI=1S/C19H24O5/c1-9-7-18-8-10(9)3-4-11(18)19-6-5-12(20)17(2,16(23)24-19)14(19)13(18)15(21)22/h10-14,20H,1,3-8H2,2H3,(H,21,22)/t10-,11-,12+,13-,14?,17-,18+,19-/m1/s1. The second-order valence-corrected chi connectivity index (χ2v) is 9.07. The smallest absolute Gasteiger partial charge is 0.315 e. The molecule has 5 nitrogen and oxygen atoms in total. The highest BCUT2D eigenvalue weighted by atomic mass is 16.6. The van der Waals surface area contributed by atoms with Gasteiger partial charge in [0.2, 0.25) is 0 Å². The molecule has 0 aromatic carbocycles. The Morgan fingerprint density at radius 1 is 1.33 bits per heavy atom. The number of hydrogen-bond donors (Lipinski definition) is 2. The van der Waals surface area contributed by atoms with Gasteiger partial charge < -0.3 is 14.9 Å². The Balaban J connectivity index is 1.76. The van der Waals surface area contributed by atoms with Crippen molar-refractivity contribution >= 4 is 11.9 Å². The number of aliphatic hydroxyl groups is 1. The molecule has 4 aliphatic carbocycles. The van der Waals surface area contributed by atoms with E-state index in [4.69, 9.17) is 4.74 Å². The number of carboxylic acids is 1. The monoisotopic (exact) mass is 332 g/mol. The molecule has 24 heavy (non-hydrogen) atoms. The highest BCUT2D eigenvalue weighted by Crippen LogP contribution is 2.77. The summed E-state index contributed by atoms with van der Waals surface area (Å²) in [5.74, 6) is -1.78. The minimum Gasteiger partial charge on any atom is -0.481 e. The summed E-state index contributed by atoms with van der Waals surface area (Å²) in [6.45, 7) is 5.95. The maximum atomic E-state index is 12.7. The molecule has 1 heterocycles. The number of allylic oxidation sites excluding steroid dienone is 1. The lowest BCUT2D eigenvalue weighted by atomic mass is 9.59. The number of carboxylic acid groups (broad SMARTS) is 1. The highest BCUT2D eigenvalue weighted by molar-refractivity contribution is 5.85. The number of esters is 1. The van der Waals surface area contributed by atoms with E-state index in [9.17, 15) is 19.8 Å². The second kappa shape index (κ2) is 4.06. The van der Waals surface area contributed by atoms with Crippen LogP contribution in [-0.4, -0.2) is 33.9 Å². The molecule has 130 valence electrons. The van der Waals surface area contributed by atoms with Gasteiger partial charge in [0.15, 0.2) is 0 Å². The molecule has 4 bridgehead atoms. The van der Waals surface area contributed by atoms with Crippen molar-refractivity contribution in [1.29, 1.82) is 0 Å². The first-order chi connectivity index (χ1) is 11.3. The molecule has 0 amide bonds. The van der Waals surface area contributed by atoms with Gasteiger partial charge in [0.1, 0.15) is 5.60 Å². The Hall–Kier alpha value is -1.36. The molecule has 1 saturated heterocycles. The third-order valence-corrected chi connectivity index (χ3v) is 8.46. The predicted molar refractivity (Wildman–Crippen MR) is 83.8 cm³/mol. The van der Waals surface area contributed by atoms with Crippen molar-refractivity contribution in [3.63, 3.8) is 0 Å². The third-order valence-electron chi connectivity index (χ3n) is 8.46. The lowest BCUT2D eigenvalue weighted by molar-refractivity contribution is -0.162. The molecule has 5 aliphatic rings. The Morgan fingerprint density at radius 3 is 2.79 bits per heavy atom. The maximum Gasteiger partial charge on any atom is 0.315 e. The molecule has 0 aromatic rings. The van der Waals surface area contributed by atoms with Crippen LogP contribution in [0.2, 0.25) is 0 Å². The van der Waals surface area contributed by atoms with Gasteiger partial charge in [-0.2, -0.15) is 0 Å². The summed E-state index contributed by atoms with van der Waals surface area (Å²) in [5.41, 5.74) is -0.953. The average Bonchev–Trinajstić information content (AvgIpc) is 2.98. The molecule has 5 rings (SSSR count). The Morgan fingerprint density at radius 2 is 2.08 bits per heavy atom. The molecule has 1 unspecified atom stereocenters. The van der Waals surface area contributed by atoms with Crippen LogP contribution in [0.4, 0.5) is 0 Å². The molecule has 0 radical (unpaired) electrons. The number of rotatable bonds is 1. The van der Waals surface area contributed by atoms with Gasteiger partial charge in [0.05, 0.1) is 17.4 Å². The summed E-state index contributed by atoms with van der Waals surface area (Å²) in [6.07, 6.45) is 3.81. The Labute approximate surface area is 141 Å². The summed E-state index contributed by atoms with van der Waals surface area (Å²) >= 11 is 0. The van der Waals surface area contributed by atoms with Gasteiger partial charge in [-0.05, 0) is 56.8 Å². The molecule has 2 N–H and O–H groups in total. The second-order valence-electron chi connectivity index (χ2n) is 9.07. The number of hydrogen-bond acceptors (Lipinski definition) is 4. The number of aliphatic carboxylic acids is 1. The van der Waals surface area contributed by atoms with Crippen LogP contribution in [0.3, 0.4) is 0 Å². The van der Waals surface area contributed by atoms with Crippen LogP contribution in [-0.2, 0) is 14.3 Å². The number of fused-ring (bicyclic) bond motifs is 1. The van der Waals surface area contributed by atoms with Crippen molar-refractivity contribution < 1.29 is 24.5 Å². The molecule has 5 fully saturated rings. The number of carbonyl (C=O) groups is 2. The number of aliphatic hydroxyl groups excluding tert-OH is 1. The first-order valence-corrected chi connectivity index (χ1v) is 9.09. The van der Waals surface area contributed by atoms with Gasteiger partial charge in [-0.15, -0.1) is 0 Å². The van der Waals surface area contributed by atoms with Crippen LogP contribution in [0.5, 0.6) is 0 Å². The lowest BCUT2D eigenvalue weighted by Gasteiger charge is -2.44. The summed E-state index contributed by atoms with van der Waals surface area (Å²) in [6, 6.07) is 0. The van der Waals surface area contributed by atoms with E-state index in [2.05, 4.69) is 6.58 Å². The molecular formula is C19H24O5. The molecule has 1 spiro atoms. The summed E-state index contributed by atoms with van der Waals surface area (Å²) in [7, 11) is 0. The van der Waals surface area contributed by atoms with E-state index in [-0.39, 0.29) is 11.3 Å². The molecule has 5 heteroatoms. The van der Waals surface area contributed by atoms with Gasteiger partial charge in [-0.25, -0.2) is 0 Å². The van der Waals surface area contributed by atoms with E-state index >= 15 is 0 Å². The third kappa shape index (κ3) is 1.29. The van der Waals surface area contributed by atoms with Crippen molar-refractivity contribution in [2.45, 2.75) is 57.2 Å². The van der Waals surface area contributed by atoms with Crippen LogP contribution in [0.15, 0.2) is 12.2 Å². The van der Waals surface area contributed by atoms with E-state index in [1.54, 1.807) is 6.92 Å². The van der Waals surface area contributed by atoms with Crippen LogP contribution in [0.25, 0.3) is 0 Å². The van der Waals surface area contributed by atoms with Gasteiger partial charge in [0, 0.05) is 11.8 Å². The van der Waals surface area contributed by atoms with E-state index in [0.717, 1.165) is 25.7 Å². The normalized spacial score (nSPS) is 57.5. The van der Waals surface area contributed by atoms with E-state index in [1.807, 2.05) is 0 Å². The molecule has 4 saturated carbocycles. The quantitative estimate of drug-likeness (QED) is 0.568. The van der Waals surface area contributed by atoms with Crippen LogP contribution >= 0.6 is 0 Å². The Kier molecular flexibility index (Phi) is 2.53. The minimum atomic E-state index is -1.09. The average molecular weight is 332 g/mol. The summed E-state index contributed by atoms with van der Waals surface area (Å²) in [5, 5.41) is 20.8. The van der Waals surface area contributed by atoms with E-state index in [1.165, 1.54) is 5.57 Å². The van der Waals surface area contributed by atoms with E-state index in [0.29, 0.717) is 18.8 Å². The largest absolute Gasteiger partial charge is 0.481 e. The van der Waals surface area contributed by atoms with Crippen molar-refractivity contribution in [3.05, 3.63) is 12.2 Å². The summed E-state index contributed by atoms with van der Waals surface area (Å²) < 4.78 is 6.01. The molecule has 1 aliphatic heterocycles. The molecule has 8 atom stereocenters. The van der Waals surface area contributed by atoms with Crippen molar-refractivity contribution in [2.75, 3.05) is 0 Å². The fourth-order valence-electron chi connectivity index (χ4n) is 7.66. The fourth-order valence-corrected chi connectivity index (χ4v) is 7.66. The lowest BCUT2D eigenvalue weighted by Crippen LogP contribution is -2.53. The SMILES string of the molecule is C=C1C[C@]23C[C@H]1CC[C@H]2[C@@]12CC[C@H](O)[C@@](C)(C(=O)O1)C2[C@@H]3C(=O)O. The molecular weight excluding hydrogens is 308 g/mol. The number of ether oxygens (including phenoxy) is 1. The highest BCUT2D eigenvalue weighted by Gasteiger charge is 2.83. The van der Waals surface area contributed by atoms with Crippen molar-refractivity contribution in [3.8, 4) is 0 Å². The molecule has 0 aromatic heterocycles. The minimum absolute atomic E-state index is 0.0878. The van der Waals surface area contributed by atoms with E-state index < -0.39 is 40.9 Å². The van der Waals surface area contributed by atoms with Crippen LogP contribution in [0.1, 0.15) is 45.4 Å². The first-order valence-electron chi connectivity index (χ1n) is 9.09. The Bertz CT molecular complexity index is 685. The van der Waals surface area contributed by atoms with Crippen LogP contribution in [0, 0.1) is 34.5 Å². The first kappa shape index (κ1) is 14.9. The summed E-state index contributed by atoms with van der Waals surface area (Å²) in [4.78, 5) is 25.1. The fraction of sp³-hybridized carbons (Fsp3) is 0.789. The zero-order valence-electron chi connectivity index (χ0n) is 14.0. The maximum absolute atomic E-state index is 12.7. The van der Waals surface area contributed by atoms with Gasteiger partial charge >= 0.3 is 11.9 Å². The predicted octanol–water partition coefficient (Wildman–Crippen LogP) is 2.14. The van der Waals surface area contributed by atoms with Gasteiger partial charge in [0.25, 0.3) is 0 Å². The zero-order valence-corrected chi connectivity index (χ0v) is 14.0. The van der Waals surface area contributed by atoms with Crippen molar-refractivity contribution in [2.24, 2.45) is 34.5 Å². The number of carbonyl (C=O) groups excluding carboxylic acids is 1. The topological polar surface area (TPSA) is 83.8 Å². The van der Waals surface area contributed by atoms with Crippen LogP contribution < -0.4 is 0 Å². The zero-order chi connectivity index (χ0) is 17.1.